The summed E-state index contributed by atoms with van der Waals surface area (Å²) in [6.07, 6.45) is 10.8. The van der Waals surface area contributed by atoms with E-state index in [1.54, 1.807) is 0 Å². The largest absolute Gasteiger partial charge is 0.312 e. The van der Waals surface area contributed by atoms with Gasteiger partial charge in [-0.2, -0.15) is 0 Å². The smallest absolute Gasteiger partial charge is 0.0357 e. The van der Waals surface area contributed by atoms with Gasteiger partial charge in [0.1, 0.15) is 0 Å². The Morgan fingerprint density at radius 1 is 1.00 bits per heavy atom. The molecule has 0 radical (unpaired) electrons. The standard InChI is InChI=1S/C17H36N2/c1-5-9-10-13-16(18-8-4)17(6-2,7-3)19-14-11-12-15-19/h16,18H,5-15H2,1-4H3. The Morgan fingerprint density at radius 2 is 1.63 bits per heavy atom. The maximum absolute atomic E-state index is 3.82. The van der Waals surface area contributed by atoms with Gasteiger partial charge in [-0.15, -0.1) is 0 Å². The Labute approximate surface area is 121 Å². The highest BCUT2D eigenvalue weighted by Gasteiger charge is 2.41. The molecule has 0 aromatic heterocycles. The van der Waals surface area contributed by atoms with E-state index in [-0.39, 0.29) is 0 Å². The minimum Gasteiger partial charge on any atom is -0.312 e. The van der Waals surface area contributed by atoms with Gasteiger partial charge in [-0.05, 0) is 51.7 Å². The van der Waals surface area contributed by atoms with Crippen molar-refractivity contribution < 1.29 is 0 Å². The zero-order valence-corrected chi connectivity index (χ0v) is 13.8. The molecule has 1 heterocycles. The van der Waals surface area contributed by atoms with Crippen molar-refractivity contribution >= 4 is 0 Å². The van der Waals surface area contributed by atoms with Crippen LogP contribution in [0.25, 0.3) is 0 Å². The van der Waals surface area contributed by atoms with Crippen LogP contribution >= 0.6 is 0 Å². The highest BCUT2D eigenvalue weighted by atomic mass is 15.2. The Morgan fingerprint density at radius 3 is 2.11 bits per heavy atom. The molecule has 2 nitrogen and oxygen atoms in total. The Bertz CT molecular complexity index is 217. The van der Waals surface area contributed by atoms with Crippen molar-refractivity contribution in [2.24, 2.45) is 0 Å². The number of unbranched alkanes of at least 4 members (excludes halogenated alkanes) is 2. The highest BCUT2D eigenvalue weighted by molar-refractivity contribution is 5.00. The number of likely N-dealkylation sites (N-methyl/N-ethyl adjacent to an activating group) is 1. The Balaban J connectivity index is 2.76. The summed E-state index contributed by atoms with van der Waals surface area (Å²) in [6.45, 7) is 13.1. The molecule has 0 aromatic carbocycles. The molecule has 2 heteroatoms. The van der Waals surface area contributed by atoms with Gasteiger partial charge in [-0.25, -0.2) is 0 Å². The van der Waals surface area contributed by atoms with E-state index < -0.39 is 0 Å². The second-order valence-corrected chi connectivity index (χ2v) is 6.11. The fourth-order valence-electron chi connectivity index (χ4n) is 3.98. The van der Waals surface area contributed by atoms with E-state index in [0.717, 1.165) is 6.54 Å². The molecule has 1 aliphatic rings. The molecule has 0 spiro atoms. The zero-order valence-electron chi connectivity index (χ0n) is 13.8. The molecule has 1 saturated heterocycles. The first-order chi connectivity index (χ1) is 9.25. The average Bonchev–Trinajstić information content (AvgIpc) is 2.95. The molecule has 1 N–H and O–H groups in total. The lowest BCUT2D eigenvalue weighted by atomic mass is 9.80. The molecule has 0 aliphatic carbocycles. The highest BCUT2D eigenvalue weighted by Crippen LogP contribution is 2.33. The maximum atomic E-state index is 3.82. The molecule has 19 heavy (non-hydrogen) atoms. The van der Waals surface area contributed by atoms with Crippen LogP contribution in [0.3, 0.4) is 0 Å². The van der Waals surface area contributed by atoms with E-state index in [2.05, 4.69) is 37.9 Å². The van der Waals surface area contributed by atoms with Crippen LogP contribution in [0, 0.1) is 0 Å². The van der Waals surface area contributed by atoms with E-state index in [1.807, 2.05) is 0 Å². The maximum Gasteiger partial charge on any atom is 0.0357 e. The summed E-state index contributed by atoms with van der Waals surface area (Å²) >= 11 is 0. The number of rotatable bonds is 10. The second-order valence-electron chi connectivity index (χ2n) is 6.11. The molecule has 0 aromatic rings. The third-order valence-electron chi connectivity index (χ3n) is 5.16. The summed E-state index contributed by atoms with van der Waals surface area (Å²) in [4.78, 5) is 2.80. The van der Waals surface area contributed by atoms with Gasteiger partial charge in [-0.1, -0.05) is 47.0 Å². The van der Waals surface area contributed by atoms with Crippen LogP contribution in [-0.2, 0) is 0 Å². The van der Waals surface area contributed by atoms with Crippen LogP contribution < -0.4 is 5.32 Å². The van der Waals surface area contributed by atoms with Crippen LogP contribution in [0.2, 0.25) is 0 Å². The summed E-state index contributed by atoms with van der Waals surface area (Å²) in [5.74, 6) is 0. The normalized spacial score (nSPS) is 18.9. The first-order valence-electron chi connectivity index (χ1n) is 8.73. The lowest BCUT2D eigenvalue weighted by Gasteiger charge is -2.47. The van der Waals surface area contributed by atoms with Crippen molar-refractivity contribution in [2.75, 3.05) is 19.6 Å². The number of nitrogens with one attached hydrogen (secondary N) is 1. The summed E-state index contributed by atoms with van der Waals surface area (Å²) < 4.78 is 0. The fraction of sp³-hybridized carbons (Fsp3) is 1.00. The minimum absolute atomic E-state index is 0.403. The van der Waals surface area contributed by atoms with Crippen molar-refractivity contribution in [3.63, 3.8) is 0 Å². The van der Waals surface area contributed by atoms with Gasteiger partial charge >= 0.3 is 0 Å². The Kier molecular flexibility index (Phi) is 8.01. The van der Waals surface area contributed by atoms with Crippen molar-refractivity contribution in [2.45, 2.75) is 90.6 Å². The quantitative estimate of drug-likeness (QED) is 0.597. The predicted octanol–water partition coefficient (Wildman–Crippen LogP) is 4.20. The molecular weight excluding hydrogens is 232 g/mol. The summed E-state index contributed by atoms with van der Waals surface area (Å²) in [5, 5.41) is 3.82. The van der Waals surface area contributed by atoms with Gasteiger partial charge in [0.05, 0.1) is 0 Å². The lowest BCUT2D eigenvalue weighted by Crippen LogP contribution is -2.60. The first kappa shape index (κ1) is 17.0. The van der Waals surface area contributed by atoms with Gasteiger partial charge in [0.2, 0.25) is 0 Å². The molecular formula is C17H36N2. The van der Waals surface area contributed by atoms with Gasteiger partial charge < -0.3 is 5.32 Å². The third kappa shape index (κ3) is 4.19. The SMILES string of the molecule is CCCCCC(NCC)C(CC)(CC)N1CCCC1. The van der Waals surface area contributed by atoms with Gasteiger partial charge in [0, 0.05) is 11.6 Å². The van der Waals surface area contributed by atoms with E-state index in [0.29, 0.717) is 11.6 Å². The van der Waals surface area contributed by atoms with Crippen LogP contribution in [-0.4, -0.2) is 36.1 Å². The van der Waals surface area contributed by atoms with Gasteiger partial charge in [0.15, 0.2) is 0 Å². The molecule has 1 unspecified atom stereocenters. The summed E-state index contributed by atoms with van der Waals surface area (Å²) in [7, 11) is 0. The van der Waals surface area contributed by atoms with Crippen LogP contribution in [0.4, 0.5) is 0 Å². The van der Waals surface area contributed by atoms with Crippen molar-refractivity contribution in [1.82, 2.24) is 10.2 Å². The van der Waals surface area contributed by atoms with Crippen LogP contribution in [0.15, 0.2) is 0 Å². The molecule has 1 atom stereocenters. The van der Waals surface area contributed by atoms with E-state index >= 15 is 0 Å². The van der Waals surface area contributed by atoms with Gasteiger partial charge in [-0.3, -0.25) is 4.90 Å². The number of hydrogen-bond donors (Lipinski definition) is 1. The minimum atomic E-state index is 0.403. The van der Waals surface area contributed by atoms with E-state index in [4.69, 9.17) is 0 Å². The van der Waals surface area contributed by atoms with Crippen LogP contribution in [0.5, 0.6) is 0 Å². The fourth-order valence-corrected chi connectivity index (χ4v) is 3.98. The van der Waals surface area contributed by atoms with Crippen LogP contribution in [0.1, 0.15) is 79.1 Å². The molecule has 1 fully saturated rings. The van der Waals surface area contributed by atoms with Gasteiger partial charge in [0.25, 0.3) is 0 Å². The first-order valence-corrected chi connectivity index (χ1v) is 8.73. The third-order valence-corrected chi connectivity index (χ3v) is 5.16. The summed E-state index contributed by atoms with van der Waals surface area (Å²) in [6, 6.07) is 0.678. The number of hydrogen-bond acceptors (Lipinski definition) is 2. The monoisotopic (exact) mass is 268 g/mol. The van der Waals surface area contributed by atoms with Crippen molar-refractivity contribution in [3.05, 3.63) is 0 Å². The predicted molar refractivity (Wildman–Crippen MR) is 85.7 cm³/mol. The van der Waals surface area contributed by atoms with Crippen molar-refractivity contribution in [3.8, 4) is 0 Å². The number of nitrogens with zero attached hydrogens (tertiary/aromatic N) is 1. The molecule has 1 rings (SSSR count). The van der Waals surface area contributed by atoms with Crippen molar-refractivity contribution in [1.29, 1.82) is 0 Å². The average molecular weight is 268 g/mol. The second kappa shape index (κ2) is 8.97. The molecule has 1 aliphatic heterocycles. The molecule has 0 bridgehead atoms. The van der Waals surface area contributed by atoms with E-state index in [9.17, 15) is 0 Å². The Hall–Kier alpha value is -0.0800. The molecule has 114 valence electrons. The lowest BCUT2D eigenvalue weighted by molar-refractivity contribution is 0.0582. The molecule has 0 saturated carbocycles. The topological polar surface area (TPSA) is 15.3 Å². The summed E-state index contributed by atoms with van der Waals surface area (Å²) in [5.41, 5.74) is 0.403. The zero-order chi connectivity index (χ0) is 14.1. The van der Waals surface area contributed by atoms with E-state index in [1.165, 1.54) is 64.5 Å². The molecule has 0 amide bonds. The number of likely N-dealkylation sites (tertiary alicyclic amines) is 1.